The van der Waals surface area contributed by atoms with Crippen molar-refractivity contribution in [1.82, 2.24) is 10.6 Å². The molecule has 21 heavy (non-hydrogen) atoms. The molecule has 1 aliphatic carbocycles. The van der Waals surface area contributed by atoms with Crippen molar-refractivity contribution in [2.24, 2.45) is 0 Å². The van der Waals surface area contributed by atoms with Crippen molar-refractivity contribution >= 4 is 5.91 Å². The largest absolute Gasteiger partial charge is 0.496 e. The third kappa shape index (κ3) is 5.38. The van der Waals surface area contributed by atoms with Crippen molar-refractivity contribution in [2.45, 2.75) is 51.1 Å². The summed E-state index contributed by atoms with van der Waals surface area (Å²) in [5, 5.41) is 6.33. The van der Waals surface area contributed by atoms with Crippen LogP contribution in [-0.4, -0.2) is 25.6 Å². The Morgan fingerprint density at radius 1 is 1.19 bits per heavy atom. The highest BCUT2D eigenvalue weighted by Crippen LogP contribution is 2.17. The number of carbonyl (C=O) groups excluding carboxylic acids is 1. The van der Waals surface area contributed by atoms with Crippen molar-refractivity contribution in [1.29, 1.82) is 0 Å². The summed E-state index contributed by atoms with van der Waals surface area (Å²) in [7, 11) is 1.65. The Balaban J connectivity index is 1.71. The van der Waals surface area contributed by atoms with E-state index >= 15 is 0 Å². The summed E-state index contributed by atoms with van der Waals surface area (Å²) in [5.74, 6) is 0.861. The van der Waals surface area contributed by atoms with E-state index in [0.29, 0.717) is 19.1 Å². The second kappa shape index (κ2) is 8.67. The minimum Gasteiger partial charge on any atom is -0.496 e. The molecule has 0 aliphatic heterocycles. The number of para-hydroxylation sites is 1. The molecule has 4 nitrogen and oxygen atoms in total. The van der Waals surface area contributed by atoms with Crippen molar-refractivity contribution in [2.75, 3.05) is 13.7 Å². The van der Waals surface area contributed by atoms with Crippen LogP contribution in [-0.2, 0) is 11.3 Å². The second-order valence-electron chi connectivity index (χ2n) is 5.66. The van der Waals surface area contributed by atoms with Gasteiger partial charge in [-0.05, 0) is 18.9 Å². The van der Waals surface area contributed by atoms with Gasteiger partial charge in [-0.2, -0.15) is 0 Å². The molecule has 0 unspecified atom stereocenters. The Bertz CT molecular complexity index is 440. The Morgan fingerprint density at radius 3 is 2.62 bits per heavy atom. The van der Waals surface area contributed by atoms with Crippen LogP contribution in [0.5, 0.6) is 5.75 Å². The fourth-order valence-corrected chi connectivity index (χ4v) is 2.83. The lowest BCUT2D eigenvalue weighted by Crippen LogP contribution is -2.38. The van der Waals surface area contributed by atoms with Gasteiger partial charge >= 0.3 is 0 Å². The minimum atomic E-state index is 0.0464. The van der Waals surface area contributed by atoms with Crippen LogP contribution in [0.25, 0.3) is 0 Å². The number of methoxy groups -OCH3 is 1. The van der Waals surface area contributed by atoms with Gasteiger partial charge in [-0.25, -0.2) is 0 Å². The quantitative estimate of drug-likeness (QED) is 0.792. The van der Waals surface area contributed by atoms with Gasteiger partial charge in [0.05, 0.1) is 13.7 Å². The van der Waals surface area contributed by atoms with Crippen LogP contribution < -0.4 is 15.4 Å². The first-order valence-corrected chi connectivity index (χ1v) is 7.91. The van der Waals surface area contributed by atoms with Crippen molar-refractivity contribution in [3.8, 4) is 5.75 Å². The molecule has 0 aromatic heterocycles. The Labute approximate surface area is 127 Å². The lowest BCUT2D eigenvalue weighted by molar-refractivity contribution is -0.120. The number of nitrogens with one attached hydrogen (secondary N) is 2. The summed E-state index contributed by atoms with van der Waals surface area (Å²) in [4.78, 5) is 11.9. The first kappa shape index (κ1) is 15.8. The number of rotatable bonds is 6. The number of hydrogen-bond acceptors (Lipinski definition) is 3. The van der Waals surface area contributed by atoms with Gasteiger partial charge in [-0.1, -0.05) is 43.9 Å². The summed E-state index contributed by atoms with van der Waals surface area (Å²) in [6, 6.07) is 8.26. The van der Waals surface area contributed by atoms with Crippen molar-refractivity contribution in [3.63, 3.8) is 0 Å². The molecule has 0 spiro atoms. The van der Waals surface area contributed by atoms with Crippen LogP contribution in [0.3, 0.4) is 0 Å². The average Bonchev–Trinajstić information content (AvgIpc) is 2.80. The predicted octanol–water partition coefficient (Wildman–Crippen LogP) is 2.62. The second-order valence-corrected chi connectivity index (χ2v) is 5.66. The molecule has 0 bridgehead atoms. The lowest BCUT2D eigenvalue weighted by Gasteiger charge is -2.16. The molecule has 1 saturated carbocycles. The van der Waals surface area contributed by atoms with Gasteiger partial charge in [-0.3, -0.25) is 4.79 Å². The number of ether oxygens (including phenoxy) is 1. The molecule has 1 aliphatic rings. The van der Waals surface area contributed by atoms with Crippen LogP contribution in [0.1, 0.15) is 44.1 Å². The minimum absolute atomic E-state index is 0.0464. The summed E-state index contributed by atoms with van der Waals surface area (Å²) < 4.78 is 5.28. The van der Waals surface area contributed by atoms with Gasteiger partial charge in [0.15, 0.2) is 0 Å². The predicted molar refractivity (Wildman–Crippen MR) is 84.3 cm³/mol. The van der Waals surface area contributed by atoms with Crippen LogP contribution in [0, 0.1) is 0 Å². The Morgan fingerprint density at radius 2 is 1.90 bits per heavy atom. The standard InChI is InChI=1S/C17H26N2O2/c1-21-16-11-7-6-8-14(16)12-19-17(20)13-18-15-9-4-2-3-5-10-15/h6-8,11,15,18H,2-5,9-10,12-13H2,1H3,(H,19,20). The van der Waals surface area contributed by atoms with E-state index in [9.17, 15) is 4.79 Å². The van der Waals surface area contributed by atoms with Gasteiger partial charge in [0.25, 0.3) is 0 Å². The summed E-state index contributed by atoms with van der Waals surface area (Å²) in [6.07, 6.45) is 7.61. The van der Waals surface area contributed by atoms with E-state index in [0.717, 1.165) is 11.3 Å². The first-order valence-electron chi connectivity index (χ1n) is 7.91. The molecule has 1 aromatic carbocycles. The normalized spacial score (nSPS) is 16.2. The van der Waals surface area contributed by atoms with Crippen LogP contribution in [0.15, 0.2) is 24.3 Å². The topological polar surface area (TPSA) is 50.4 Å². The molecule has 2 rings (SSSR count). The monoisotopic (exact) mass is 290 g/mol. The maximum atomic E-state index is 11.9. The zero-order valence-electron chi connectivity index (χ0n) is 12.9. The van der Waals surface area contributed by atoms with Crippen molar-refractivity contribution in [3.05, 3.63) is 29.8 Å². The van der Waals surface area contributed by atoms with Gasteiger partial charge < -0.3 is 15.4 Å². The highest BCUT2D eigenvalue weighted by molar-refractivity contribution is 5.78. The van der Waals surface area contributed by atoms with E-state index in [1.165, 1.54) is 38.5 Å². The maximum absolute atomic E-state index is 11.9. The molecule has 1 aromatic rings. The van der Waals surface area contributed by atoms with E-state index in [2.05, 4.69) is 10.6 Å². The van der Waals surface area contributed by atoms with Crippen molar-refractivity contribution < 1.29 is 9.53 Å². The number of hydrogen-bond donors (Lipinski definition) is 2. The summed E-state index contributed by atoms with van der Waals surface area (Å²) in [5.41, 5.74) is 1.00. The van der Waals surface area contributed by atoms with Crippen LogP contribution >= 0.6 is 0 Å². The summed E-state index contributed by atoms with van der Waals surface area (Å²) >= 11 is 0. The van der Waals surface area contributed by atoms with Crippen LogP contribution in [0.2, 0.25) is 0 Å². The van der Waals surface area contributed by atoms with E-state index in [1.807, 2.05) is 24.3 Å². The van der Waals surface area contributed by atoms with Crippen LogP contribution in [0.4, 0.5) is 0 Å². The van der Waals surface area contributed by atoms with Gasteiger partial charge in [0, 0.05) is 18.2 Å². The molecule has 0 atom stereocenters. The van der Waals surface area contributed by atoms with E-state index in [4.69, 9.17) is 4.74 Å². The lowest BCUT2D eigenvalue weighted by atomic mass is 10.1. The Kier molecular flexibility index (Phi) is 6.54. The van der Waals surface area contributed by atoms with E-state index in [1.54, 1.807) is 7.11 Å². The number of amides is 1. The molecule has 0 saturated heterocycles. The molecule has 1 fully saturated rings. The molecule has 2 N–H and O–H groups in total. The highest BCUT2D eigenvalue weighted by Gasteiger charge is 2.13. The summed E-state index contributed by atoms with van der Waals surface area (Å²) in [6.45, 7) is 0.912. The Hall–Kier alpha value is -1.55. The number of carbonyl (C=O) groups is 1. The molecule has 0 radical (unpaired) electrons. The van der Waals surface area contributed by atoms with Gasteiger partial charge in [0.2, 0.25) is 5.91 Å². The fourth-order valence-electron chi connectivity index (χ4n) is 2.83. The molecule has 4 heteroatoms. The molecule has 0 heterocycles. The smallest absolute Gasteiger partial charge is 0.234 e. The van der Waals surface area contributed by atoms with E-state index in [-0.39, 0.29) is 5.91 Å². The van der Waals surface area contributed by atoms with Gasteiger partial charge in [0.1, 0.15) is 5.75 Å². The fraction of sp³-hybridized carbons (Fsp3) is 0.588. The van der Waals surface area contributed by atoms with Gasteiger partial charge in [-0.15, -0.1) is 0 Å². The highest BCUT2D eigenvalue weighted by atomic mass is 16.5. The zero-order valence-corrected chi connectivity index (χ0v) is 12.9. The van der Waals surface area contributed by atoms with E-state index < -0.39 is 0 Å². The molecular weight excluding hydrogens is 264 g/mol. The number of benzene rings is 1. The third-order valence-electron chi connectivity index (χ3n) is 4.07. The maximum Gasteiger partial charge on any atom is 0.234 e. The zero-order chi connectivity index (χ0) is 14.9. The first-order chi connectivity index (χ1) is 10.3. The average molecular weight is 290 g/mol. The SMILES string of the molecule is COc1ccccc1CNC(=O)CNC1CCCCCC1. The molecule has 116 valence electrons. The third-order valence-corrected chi connectivity index (χ3v) is 4.07. The molecular formula is C17H26N2O2. The molecule has 1 amide bonds.